The van der Waals surface area contributed by atoms with Crippen molar-refractivity contribution in [3.05, 3.63) is 35.5 Å². The molecule has 0 saturated carbocycles. The maximum Gasteiger partial charge on any atom is 0.191 e. The number of nitrogens with one attached hydrogen (secondary N) is 3. The van der Waals surface area contributed by atoms with Crippen molar-refractivity contribution in [2.75, 3.05) is 32.8 Å². The summed E-state index contributed by atoms with van der Waals surface area (Å²) in [6.45, 7) is 10.7. The van der Waals surface area contributed by atoms with Crippen molar-refractivity contribution in [2.24, 2.45) is 10.4 Å². The van der Waals surface area contributed by atoms with Crippen molar-refractivity contribution in [3.8, 4) is 0 Å². The summed E-state index contributed by atoms with van der Waals surface area (Å²) in [5.74, 6) is 0.893. The van der Waals surface area contributed by atoms with Gasteiger partial charge in [-0.05, 0) is 30.9 Å². The van der Waals surface area contributed by atoms with Crippen LogP contribution in [0.5, 0.6) is 0 Å². The topological polar surface area (TPSA) is 61.4 Å². The number of aliphatic imine (C=N–C) groups is 1. The number of fused-ring (bicyclic) bond motifs is 1. The lowest BCUT2D eigenvalue weighted by Crippen LogP contribution is -2.44. The largest absolute Gasteiger partial charge is 0.380 e. The van der Waals surface area contributed by atoms with Crippen molar-refractivity contribution < 1.29 is 4.74 Å². The Morgan fingerprint density at radius 2 is 2.08 bits per heavy atom. The molecule has 1 fully saturated rings. The van der Waals surface area contributed by atoms with Gasteiger partial charge in [-0.2, -0.15) is 0 Å². The van der Waals surface area contributed by atoms with Gasteiger partial charge in [0, 0.05) is 35.6 Å². The van der Waals surface area contributed by atoms with E-state index in [9.17, 15) is 0 Å². The minimum absolute atomic E-state index is 0.204. The SMILES string of the molecule is CCNC(=NCC1(C)COC1)NCCc1c[nH]c2c(CC)cccc12. The predicted molar refractivity (Wildman–Crippen MR) is 104 cm³/mol. The Kier molecular flexibility index (Phi) is 5.63. The molecule has 5 nitrogen and oxygen atoms in total. The Hall–Kier alpha value is -2.01. The molecule has 0 radical (unpaired) electrons. The quantitative estimate of drug-likeness (QED) is 0.536. The van der Waals surface area contributed by atoms with Gasteiger partial charge in [0.1, 0.15) is 0 Å². The number of rotatable bonds is 7. The van der Waals surface area contributed by atoms with Crippen LogP contribution in [0.25, 0.3) is 10.9 Å². The average molecular weight is 342 g/mol. The van der Waals surface area contributed by atoms with Gasteiger partial charge in [0.25, 0.3) is 0 Å². The average Bonchev–Trinajstić information content (AvgIpc) is 3.01. The molecule has 1 aliphatic heterocycles. The van der Waals surface area contributed by atoms with Crippen LogP contribution in [0.1, 0.15) is 31.9 Å². The molecule has 1 aromatic carbocycles. The number of nitrogens with zero attached hydrogens (tertiary/aromatic N) is 1. The molecule has 2 aromatic rings. The van der Waals surface area contributed by atoms with E-state index < -0.39 is 0 Å². The second-order valence-corrected chi connectivity index (χ2v) is 7.18. The number of aromatic amines is 1. The van der Waals surface area contributed by atoms with E-state index in [1.54, 1.807) is 0 Å². The van der Waals surface area contributed by atoms with E-state index >= 15 is 0 Å². The summed E-state index contributed by atoms with van der Waals surface area (Å²) in [4.78, 5) is 8.17. The summed E-state index contributed by atoms with van der Waals surface area (Å²) in [7, 11) is 0. The van der Waals surface area contributed by atoms with Crippen LogP contribution in [0, 0.1) is 5.41 Å². The van der Waals surface area contributed by atoms with Crippen LogP contribution in [0.15, 0.2) is 29.4 Å². The number of guanidine groups is 1. The fourth-order valence-electron chi connectivity index (χ4n) is 3.25. The first-order valence-corrected chi connectivity index (χ1v) is 9.33. The molecule has 5 heteroatoms. The first kappa shape index (κ1) is 17.8. The summed E-state index contributed by atoms with van der Waals surface area (Å²) in [6, 6.07) is 6.55. The summed E-state index contributed by atoms with van der Waals surface area (Å²) >= 11 is 0. The summed E-state index contributed by atoms with van der Waals surface area (Å²) in [6.07, 6.45) is 4.16. The molecule has 3 N–H and O–H groups in total. The molecular weight excluding hydrogens is 312 g/mol. The number of aromatic nitrogens is 1. The molecule has 0 bridgehead atoms. The highest BCUT2D eigenvalue weighted by Gasteiger charge is 2.33. The van der Waals surface area contributed by atoms with Gasteiger partial charge in [-0.1, -0.05) is 32.0 Å². The highest BCUT2D eigenvalue weighted by Crippen LogP contribution is 2.26. The number of H-pyrrole nitrogens is 1. The van der Waals surface area contributed by atoms with Crippen molar-refractivity contribution in [3.63, 3.8) is 0 Å². The van der Waals surface area contributed by atoms with E-state index in [0.29, 0.717) is 0 Å². The zero-order valence-electron chi connectivity index (χ0n) is 15.6. The van der Waals surface area contributed by atoms with Crippen LogP contribution in [0.2, 0.25) is 0 Å². The van der Waals surface area contributed by atoms with Crippen LogP contribution in [-0.4, -0.2) is 43.8 Å². The summed E-state index contributed by atoms with van der Waals surface area (Å²) < 4.78 is 5.31. The number of hydrogen-bond donors (Lipinski definition) is 3. The molecule has 136 valence electrons. The van der Waals surface area contributed by atoms with Gasteiger partial charge in [-0.15, -0.1) is 0 Å². The maximum absolute atomic E-state index is 5.31. The molecule has 1 aliphatic rings. The Bertz CT molecular complexity index is 730. The van der Waals surface area contributed by atoms with Crippen molar-refractivity contribution in [1.29, 1.82) is 0 Å². The highest BCUT2D eigenvalue weighted by atomic mass is 16.5. The molecule has 1 aromatic heterocycles. The van der Waals surface area contributed by atoms with Crippen LogP contribution in [0.4, 0.5) is 0 Å². The van der Waals surface area contributed by atoms with E-state index in [1.807, 2.05) is 0 Å². The number of para-hydroxylation sites is 1. The minimum atomic E-state index is 0.204. The lowest BCUT2D eigenvalue weighted by atomic mass is 9.89. The zero-order valence-corrected chi connectivity index (χ0v) is 15.6. The number of aryl methyl sites for hydroxylation is 1. The van der Waals surface area contributed by atoms with E-state index in [2.05, 4.69) is 60.8 Å². The zero-order chi connectivity index (χ0) is 17.7. The molecule has 0 atom stereocenters. The van der Waals surface area contributed by atoms with Gasteiger partial charge in [0.15, 0.2) is 5.96 Å². The molecule has 0 aliphatic carbocycles. The smallest absolute Gasteiger partial charge is 0.191 e. The monoisotopic (exact) mass is 342 g/mol. The summed E-state index contributed by atoms with van der Waals surface area (Å²) in [5, 5.41) is 8.12. The maximum atomic E-state index is 5.31. The Morgan fingerprint density at radius 1 is 1.24 bits per heavy atom. The van der Waals surface area contributed by atoms with E-state index in [-0.39, 0.29) is 5.41 Å². The van der Waals surface area contributed by atoms with Crippen LogP contribution in [0.3, 0.4) is 0 Å². The van der Waals surface area contributed by atoms with Crippen LogP contribution < -0.4 is 10.6 Å². The van der Waals surface area contributed by atoms with Gasteiger partial charge < -0.3 is 20.4 Å². The third-order valence-corrected chi connectivity index (χ3v) is 4.82. The van der Waals surface area contributed by atoms with Gasteiger partial charge >= 0.3 is 0 Å². The van der Waals surface area contributed by atoms with Crippen LogP contribution >= 0.6 is 0 Å². The molecule has 0 unspecified atom stereocenters. The number of hydrogen-bond acceptors (Lipinski definition) is 2. The van der Waals surface area contributed by atoms with Crippen LogP contribution in [-0.2, 0) is 17.6 Å². The van der Waals surface area contributed by atoms with Gasteiger partial charge in [0.05, 0.1) is 19.8 Å². The third-order valence-electron chi connectivity index (χ3n) is 4.82. The summed E-state index contributed by atoms with van der Waals surface area (Å²) in [5.41, 5.74) is 4.21. The van der Waals surface area contributed by atoms with E-state index in [1.165, 1.54) is 22.0 Å². The fraction of sp³-hybridized carbons (Fsp3) is 0.550. The van der Waals surface area contributed by atoms with Crippen molar-refractivity contribution in [1.82, 2.24) is 15.6 Å². The van der Waals surface area contributed by atoms with Crippen molar-refractivity contribution in [2.45, 2.75) is 33.6 Å². The molecular formula is C20H30N4O. The first-order valence-electron chi connectivity index (χ1n) is 9.33. The van der Waals surface area contributed by atoms with Gasteiger partial charge in [-0.25, -0.2) is 0 Å². The normalized spacial score (nSPS) is 16.7. The van der Waals surface area contributed by atoms with Gasteiger partial charge in [0.2, 0.25) is 0 Å². The second kappa shape index (κ2) is 7.91. The Morgan fingerprint density at radius 3 is 2.76 bits per heavy atom. The lowest BCUT2D eigenvalue weighted by molar-refractivity contribution is -0.0945. The highest BCUT2D eigenvalue weighted by molar-refractivity contribution is 5.86. The minimum Gasteiger partial charge on any atom is -0.380 e. The Balaban J connectivity index is 1.59. The molecule has 1 saturated heterocycles. The number of benzene rings is 1. The predicted octanol–water partition coefficient (Wildman–Crippen LogP) is 2.86. The lowest BCUT2D eigenvalue weighted by Gasteiger charge is -2.36. The standard InChI is InChI=1S/C20H30N4O/c1-4-15-7-6-8-17-16(11-23-18(15)17)9-10-22-19(21-5-2)24-12-20(3)13-25-14-20/h6-8,11,23H,4-5,9-10,12-14H2,1-3H3,(H2,21,22,24). The molecule has 0 amide bonds. The molecule has 3 rings (SSSR count). The fourth-order valence-corrected chi connectivity index (χ4v) is 3.25. The number of ether oxygens (including phenoxy) is 1. The first-order chi connectivity index (χ1) is 12.1. The van der Waals surface area contributed by atoms with Crippen molar-refractivity contribution >= 4 is 16.9 Å². The molecule has 0 spiro atoms. The second-order valence-electron chi connectivity index (χ2n) is 7.18. The Labute approximate surface area is 150 Å². The molecule has 2 heterocycles. The van der Waals surface area contributed by atoms with Gasteiger partial charge in [-0.3, -0.25) is 4.99 Å². The van der Waals surface area contributed by atoms with E-state index in [0.717, 1.165) is 51.6 Å². The molecule has 25 heavy (non-hydrogen) atoms. The van der Waals surface area contributed by atoms with E-state index in [4.69, 9.17) is 9.73 Å². The third kappa shape index (κ3) is 4.15.